The van der Waals surface area contributed by atoms with Gasteiger partial charge in [-0.05, 0) is 49.6 Å². The summed E-state index contributed by atoms with van der Waals surface area (Å²) in [7, 11) is 0. The van der Waals surface area contributed by atoms with Crippen molar-refractivity contribution < 1.29 is 4.79 Å². The SMILES string of the molecule is Cc1cccc2cc(C(=O)Nc3cccc(N4CCC(NCCN)CC4)c3)[nH]c12. The number of aryl methyl sites for hydroxylation is 1. The summed E-state index contributed by atoms with van der Waals surface area (Å²) in [5.74, 6) is -0.123. The van der Waals surface area contributed by atoms with Crippen LogP contribution in [0, 0.1) is 6.92 Å². The van der Waals surface area contributed by atoms with Gasteiger partial charge in [0.15, 0.2) is 0 Å². The number of anilines is 2. The third-order valence-corrected chi connectivity index (χ3v) is 5.65. The summed E-state index contributed by atoms with van der Waals surface area (Å²) in [4.78, 5) is 18.4. The number of carbonyl (C=O) groups excluding carboxylic acids is 1. The van der Waals surface area contributed by atoms with Gasteiger partial charge in [0.2, 0.25) is 0 Å². The Balaban J connectivity index is 1.42. The molecule has 0 atom stereocenters. The minimum atomic E-state index is -0.123. The Morgan fingerprint density at radius 1 is 1.17 bits per heavy atom. The van der Waals surface area contributed by atoms with Crippen molar-refractivity contribution >= 4 is 28.2 Å². The molecule has 29 heavy (non-hydrogen) atoms. The number of hydrogen-bond acceptors (Lipinski definition) is 4. The van der Waals surface area contributed by atoms with Crippen molar-refractivity contribution in [2.45, 2.75) is 25.8 Å². The quantitative estimate of drug-likeness (QED) is 0.520. The number of benzene rings is 2. The molecule has 2 heterocycles. The molecule has 1 aliphatic heterocycles. The van der Waals surface area contributed by atoms with E-state index in [4.69, 9.17) is 5.73 Å². The second kappa shape index (κ2) is 8.68. The topological polar surface area (TPSA) is 86.2 Å². The number of piperidine rings is 1. The molecule has 0 spiro atoms. The minimum Gasteiger partial charge on any atom is -0.371 e. The second-order valence-corrected chi connectivity index (χ2v) is 7.73. The minimum absolute atomic E-state index is 0.123. The number of amides is 1. The maximum absolute atomic E-state index is 12.8. The van der Waals surface area contributed by atoms with Gasteiger partial charge in [-0.25, -0.2) is 0 Å². The molecule has 0 aliphatic carbocycles. The molecule has 1 saturated heterocycles. The molecule has 152 valence electrons. The highest BCUT2D eigenvalue weighted by molar-refractivity contribution is 6.06. The lowest BCUT2D eigenvalue weighted by Gasteiger charge is -2.34. The highest BCUT2D eigenvalue weighted by atomic mass is 16.1. The molecule has 6 nitrogen and oxygen atoms in total. The van der Waals surface area contributed by atoms with Gasteiger partial charge in [0.1, 0.15) is 5.69 Å². The van der Waals surface area contributed by atoms with Crippen molar-refractivity contribution in [3.05, 3.63) is 59.8 Å². The van der Waals surface area contributed by atoms with Gasteiger partial charge in [-0.15, -0.1) is 0 Å². The van der Waals surface area contributed by atoms with Crippen LogP contribution in [0.2, 0.25) is 0 Å². The highest BCUT2D eigenvalue weighted by Crippen LogP contribution is 2.24. The lowest BCUT2D eigenvalue weighted by atomic mass is 10.0. The average Bonchev–Trinajstić information content (AvgIpc) is 3.19. The summed E-state index contributed by atoms with van der Waals surface area (Å²) in [6.45, 7) is 5.60. The van der Waals surface area contributed by atoms with Crippen LogP contribution in [0.4, 0.5) is 11.4 Å². The number of H-pyrrole nitrogens is 1. The van der Waals surface area contributed by atoms with E-state index in [1.54, 1.807) is 0 Å². The Bertz CT molecular complexity index is 988. The number of fused-ring (bicyclic) bond motifs is 1. The summed E-state index contributed by atoms with van der Waals surface area (Å²) in [6.07, 6.45) is 2.20. The number of aromatic amines is 1. The number of carbonyl (C=O) groups is 1. The maximum atomic E-state index is 12.8. The Hall–Kier alpha value is -2.83. The van der Waals surface area contributed by atoms with E-state index in [1.165, 1.54) is 0 Å². The van der Waals surface area contributed by atoms with E-state index in [-0.39, 0.29) is 5.91 Å². The van der Waals surface area contributed by atoms with Crippen molar-refractivity contribution in [2.75, 3.05) is 36.4 Å². The molecule has 0 bridgehead atoms. The monoisotopic (exact) mass is 391 g/mol. The number of hydrogen-bond donors (Lipinski definition) is 4. The molecule has 0 radical (unpaired) electrons. The van der Waals surface area contributed by atoms with Gasteiger partial charge in [-0.2, -0.15) is 0 Å². The van der Waals surface area contributed by atoms with Gasteiger partial charge in [-0.1, -0.05) is 24.3 Å². The van der Waals surface area contributed by atoms with Crippen LogP contribution in [0.15, 0.2) is 48.5 Å². The number of rotatable bonds is 6. The van der Waals surface area contributed by atoms with Crippen molar-refractivity contribution in [1.29, 1.82) is 0 Å². The van der Waals surface area contributed by atoms with Crippen LogP contribution in [0.1, 0.15) is 28.9 Å². The summed E-state index contributed by atoms with van der Waals surface area (Å²) in [5, 5.41) is 7.58. The Kier molecular flexibility index (Phi) is 5.83. The fourth-order valence-electron chi connectivity index (χ4n) is 4.04. The zero-order chi connectivity index (χ0) is 20.2. The fraction of sp³-hybridized carbons (Fsp3) is 0.348. The average molecular weight is 392 g/mol. The van der Waals surface area contributed by atoms with Crippen LogP contribution >= 0.6 is 0 Å². The molecular weight excluding hydrogens is 362 g/mol. The highest BCUT2D eigenvalue weighted by Gasteiger charge is 2.19. The number of nitrogens with zero attached hydrogens (tertiary/aromatic N) is 1. The standard InChI is InChI=1S/C23H29N5O/c1-16-4-2-5-17-14-21(27-22(16)17)23(29)26-19-6-3-7-20(15-19)28-12-8-18(9-13-28)25-11-10-24/h2-7,14-15,18,25,27H,8-13,24H2,1H3,(H,26,29). The van der Waals surface area contributed by atoms with Gasteiger partial charge < -0.3 is 26.3 Å². The van der Waals surface area contributed by atoms with Gasteiger partial charge in [0.25, 0.3) is 5.91 Å². The van der Waals surface area contributed by atoms with Gasteiger partial charge >= 0.3 is 0 Å². The molecule has 2 aromatic carbocycles. The smallest absolute Gasteiger partial charge is 0.272 e. The van der Waals surface area contributed by atoms with Crippen molar-refractivity contribution in [3.8, 4) is 0 Å². The normalized spacial score (nSPS) is 15.0. The number of para-hydroxylation sites is 1. The first-order valence-electron chi connectivity index (χ1n) is 10.3. The molecule has 1 amide bonds. The first kappa shape index (κ1) is 19.5. The van der Waals surface area contributed by atoms with E-state index in [9.17, 15) is 4.79 Å². The molecule has 0 unspecified atom stereocenters. The van der Waals surface area contributed by atoms with Crippen LogP contribution < -0.4 is 21.3 Å². The Labute approximate surface area is 171 Å². The first-order chi connectivity index (χ1) is 14.1. The number of nitrogens with one attached hydrogen (secondary N) is 3. The third-order valence-electron chi connectivity index (χ3n) is 5.65. The summed E-state index contributed by atoms with van der Waals surface area (Å²) < 4.78 is 0. The van der Waals surface area contributed by atoms with Crippen molar-refractivity contribution in [3.63, 3.8) is 0 Å². The van der Waals surface area contributed by atoms with Crippen molar-refractivity contribution in [2.24, 2.45) is 5.73 Å². The van der Waals surface area contributed by atoms with Gasteiger partial charge in [0, 0.05) is 54.5 Å². The second-order valence-electron chi connectivity index (χ2n) is 7.73. The predicted molar refractivity (Wildman–Crippen MR) is 120 cm³/mol. The molecule has 0 saturated carbocycles. The maximum Gasteiger partial charge on any atom is 0.272 e. The Morgan fingerprint density at radius 2 is 1.97 bits per heavy atom. The Morgan fingerprint density at radius 3 is 2.72 bits per heavy atom. The van der Waals surface area contributed by atoms with E-state index in [0.717, 1.165) is 60.3 Å². The zero-order valence-corrected chi connectivity index (χ0v) is 16.9. The molecule has 1 aliphatic rings. The molecular formula is C23H29N5O. The first-order valence-corrected chi connectivity index (χ1v) is 10.3. The summed E-state index contributed by atoms with van der Waals surface area (Å²) >= 11 is 0. The van der Waals surface area contributed by atoms with Crippen LogP contribution in [-0.4, -0.2) is 43.1 Å². The van der Waals surface area contributed by atoms with Gasteiger partial charge in [0.05, 0.1) is 0 Å². The van der Waals surface area contributed by atoms with Crippen molar-refractivity contribution in [1.82, 2.24) is 10.3 Å². The summed E-state index contributed by atoms with van der Waals surface area (Å²) in [5.41, 5.74) is 10.3. The van der Waals surface area contributed by atoms with Crippen LogP contribution in [0.3, 0.4) is 0 Å². The largest absolute Gasteiger partial charge is 0.371 e. The fourth-order valence-corrected chi connectivity index (χ4v) is 4.04. The van der Waals surface area contributed by atoms with E-state index < -0.39 is 0 Å². The van der Waals surface area contributed by atoms with Crippen LogP contribution in [0.5, 0.6) is 0 Å². The third kappa shape index (κ3) is 4.44. The number of nitrogens with two attached hydrogens (primary N) is 1. The predicted octanol–water partition coefficient (Wildman–Crippen LogP) is 3.25. The zero-order valence-electron chi connectivity index (χ0n) is 16.9. The van der Waals surface area contributed by atoms with E-state index in [1.807, 2.05) is 43.3 Å². The summed E-state index contributed by atoms with van der Waals surface area (Å²) in [6, 6.07) is 16.6. The molecule has 5 N–H and O–H groups in total. The van der Waals surface area contributed by atoms with Gasteiger partial charge in [-0.3, -0.25) is 4.79 Å². The van der Waals surface area contributed by atoms with Crippen LogP contribution in [0.25, 0.3) is 10.9 Å². The lowest BCUT2D eigenvalue weighted by Crippen LogP contribution is -2.43. The lowest BCUT2D eigenvalue weighted by molar-refractivity contribution is 0.102. The van der Waals surface area contributed by atoms with Crippen LogP contribution in [-0.2, 0) is 0 Å². The van der Waals surface area contributed by atoms with E-state index in [0.29, 0.717) is 18.3 Å². The molecule has 1 aromatic heterocycles. The molecule has 4 rings (SSSR count). The molecule has 6 heteroatoms. The van der Waals surface area contributed by atoms with E-state index >= 15 is 0 Å². The van der Waals surface area contributed by atoms with E-state index in [2.05, 4.69) is 32.7 Å². The number of aromatic nitrogens is 1. The molecule has 3 aromatic rings. The molecule has 1 fully saturated rings.